The van der Waals surface area contributed by atoms with E-state index in [1.54, 1.807) is 0 Å². The Morgan fingerprint density at radius 3 is 2.20 bits per heavy atom. The van der Waals surface area contributed by atoms with Crippen molar-refractivity contribution >= 4 is 45.7 Å². The lowest BCUT2D eigenvalue weighted by atomic mass is 10.3. The molecular weight excluding hydrogens is 384 g/mol. The number of halogens is 4. The van der Waals surface area contributed by atoms with Gasteiger partial charge < -0.3 is 5.32 Å². The van der Waals surface area contributed by atoms with Crippen LogP contribution in [-0.4, -0.2) is 33.5 Å². The predicted octanol–water partition coefficient (Wildman–Crippen LogP) is 3.01. The van der Waals surface area contributed by atoms with E-state index >= 15 is 0 Å². The number of amides is 2. The van der Waals surface area contributed by atoms with Crippen molar-refractivity contribution < 1.29 is 27.2 Å². The summed E-state index contributed by atoms with van der Waals surface area (Å²) >= 11 is 1.17. The molecule has 1 heterocycles. The monoisotopic (exact) mass is 394 g/mol. The summed E-state index contributed by atoms with van der Waals surface area (Å²) < 4.78 is 49.8. The fourth-order valence-corrected chi connectivity index (χ4v) is 2.75. The number of carbonyl (C=O) groups is 2. The molecule has 0 radical (unpaired) electrons. The topological polar surface area (TPSA) is 84.0 Å². The van der Waals surface area contributed by atoms with Gasteiger partial charge in [0, 0.05) is 5.69 Å². The summed E-state index contributed by atoms with van der Waals surface area (Å²) in [6.45, 7) is 0. The first-order valence-corrected chi connectivity index (χ1v) is 8.55. The van der Waals surface area contributed by atoms with E-state index in [9.17, 15) is 27.2 Å². The Labute approximate surface area is 147 Å². The van der Waals surface area contributed by atoms with E-state index < -0.39 is 28.8 Å². The number of carbonyl (C=O) groups excluding carboxylic acids is 2. The SMILES string of the molecule is O=C(CSCC(=O)Nc1nnc(C(F)(F)F)s1)Nc1ccc(F)cc1. The smallest absolute Gasteiger partial charge is 0.325 e. The predicted molar refractivity (Wildman–Crippen MR) is 85.9 cm³/mol. The van der Waals surface area contributed by atoms with E-state index in [-0.39, 0.29) is 28.0 Å². The Morgan fingerprint density at radius 1 is 1.04 bits per heavy atom. The Morgan fingerprint density at radius 2 is 1.64 bits per heavy atom. The highest BCUT2D eigenvalue weighted by atomic mass is 32.2. The number of aromatic nitrogens is 2. The van der Waals surface area contributed by atoms with Gasteiger partial charge in [-0.25, -0.2) is 4.39 Å². The zero-order valence-electron chi connectivity index (χ0n) is 12.3. The van der Waals surface area contributed by atoms with Gasteiger partial charge in [0.25, 0.3) is 0 Å². The van der Waals surface area contributed by atoms with Crippen molar-refractivity contribution in [3.05, 3.63) is 35.1 Å². The summed E-state index contributed by atoms with van der Waals surface area (Å²) in [5, 5.41) is 9.42. The highest BCUT2D eigenvalue weighted by Gasteiger charge is 2.35. The molecule has 2 aromatic rings. The summed E-state index contributed by atoms with van der Waals surface area (Å²) in [5.74, 6) is -1.66. The maximum absolute atomic E-state index is 12.7. The molecule has 12 heteroatoms. The first-order valence-electron chi connectivity index (χ1n) is 6.58. The van der Waals surface area contributed by atoms with Gasteiger partial charge in [-0.15, -0.1) is 22.0 Å². The molecule has 2 amide bonds. The molecule has 25 heavy (non-hydrogen) atoms. The number of nitrogens with zero attached hydrogens (tertiary/aromatic N) is 2. The van der Waals surface area contributed by atoms with Crippen molar-refractivity contribution in [2.45, 2.75) is 6.18 Å². The third-order valence-corrected chi connectivity index (χ3v) is 4.32. The molecule has 0 saturated carbocycles. The van der Waals surface area contributed by atoms with Crippen LogP contribution in [0.15, 0.2) is 24.3 Å². The lowest BCUT2D eigenvalue weighted by Gasteiger charge is -2.05. The van der Waals surface area contributed by atoms with Crippen LogP contribution in [0.4, 0.5) is 28.4 Å². The molecule has 0 saturated heterocycles. The van der Waals surface area contributed by atoms with Gasteiger partial charge in [-0.05, 0) is 24.3 Å². The highest BCUT2D eigenvalue weighted by Crippen LogP contribution is 2.32. The Kier molecular flexibility index (Phi) is 6.31. The molecule has 0 spiro atoms. The maximum Gasteiger partial charge on any atom is 0.445 e. The third kappa shape index (κ3) is 6.31. The standard InChI is InChI=1S/C13H10F4N4O2S2/c14-7-1-3-8(4-2-7)18-9(22)5-24-6-10(23)19-12-21-20-11(25-12)13(15,16)17/h1-4H,5-6H2,(H,18,22)(H,19,21,23). The molecule has 0 fully saturated rings. The van der Waals surface area contributed by atoms with Crippen LogP contribution < -0.4 is 10.6 Å². The quantitative estimate of drug-likeness (QED) is 0.736. The minimum Gasteiger partial charge on any atom is -0.325 e. The average molecular weight is 394 g/mol. The molecule has 1 aromatic carbocycles. The van der Waals surface area contributed by atoms with Crippen molar-refractivity contribution in [1.29, 1.82) is 0 Å². The maximum atomic E-state index is 12.7. The van der Waals surface area contributed by atoms with Crippen molar-refractivity contribution in [1.82, 2.24) is 10.2 Å². The molecule has 0 atom stereocenters. The summed E-state index contributed by atoms with van der Waals surface area (Å²) in [7, 11) is 0. The van der Waals surface area contributed by atoms with Crippen LogP contribution in [0.5, 0.6) is 0 Å². The van der Waals surface area contributed by atoms with Crippen LogP contribution in [0.25, 0.3) is 0 Å². The van der Waals surface area contributed by atoms with Crippen LogP contribution in [-0.2, 0) is 15.8 Å². The molecule has 0 aliphatic carbocycles. The van der Waals surface area contributed by atoms with Gasteiger partial charge in [-0.3, -0.25) is 14.9 Å². The molecule has 0 unspecified atom stereocenters. The van der Waals surface area contributed by atoms with Gasteiger partial charge in [-0.2, -0.15) is 13.2 Å². The van der Waals surface area contributed by atoms with E-state index in [0.717, 1.165) is 11.8 Å². The van der Waals surface area contributed by atoms with Gasteiger partial charge in [0.05, 0.1) is 11.5 Å². The second-order valence-electron chi connectivity index (χ2n) is 4.51. The molecule has 1 aromatic heterocycles. The zero-order chi connectivity index (χ0) is 18.4. The third-order valence-electron chi connectivity index (χ3n) is 2.51. The minimum atomic E-state index is -4.62. The van der Waals surface area contributed by atoms with Gasteiger partial charge in [0.15, 0.2) is 0 Å². The normalized spacial score (nSPS) is 11.2. The minimum absolute atomic E-state index is 0.0608. The largest absolute Gasteiger partial charge is 0.445 e. The number of benzene rings is 1. The van der Waals surface area contributed by atoms with Gasteiger partial charge in [0.2, 0.25) is 22.0 Å². The Balaban J connectivity index is 1.72. The van der Waals surface area contributed by atoms with E-state index in [1.807, 2.05) is 0 Å². The van der Waals surface area contributed by atoms with Gasteiger partial charge in [0.1, 0.15) is 5.82 Å². The second kappa shape index (κ2) is 8.25. The second-order valence-corrected chi connectivity index (χ2v) is 6.47. The summed E-state index contributed by atoms with van der Waals surface area (Å²) in [4.78, 5) is 23.2. The number of hydrogen-bond donors (Lipinski definition) is 2. The van der Waals surface area contributed by atoms with Crippen molar-refractivity contribution in [2.75, 3.05) is 22.1 Å². The Hall–Kier alpha value is -2.21. The first-order chi connectivity index (χ1) is 11.7. The number of alkyl halides is 3. The van der Waals surface area contributed by atoms with Crippen LogP contribution in [0.2, 0.25) is 0 Å². The molecule has 0 aliphatic heterocycles. The van der Waals surface area contributed by atoms with Crippen molar-refractivity contribution in [3.8, 4) is 0 Å². The average Bonchev–Trinajstić information content (AvgIpc) is 2.98. The first kappa shape index (κ1) is 19.1. The van der Waals surface area contributed by atoms with E-state index in [1.165, 1.54) is 24.3 Å². The summed E-state index contributed by atoms with van der Waals surface area (Å²) in [6.07, 6.45) is -4.62. The van der Waals surface area contributed by atoms with Crippen LogP contribution in [0.1, 0.15) is 5.01 Å². The number of rotatable bonds is 6. The van der Waals surface area contributed by atoms with Crippen LogP contribution in [0, 0.1) is 5.82 Å². The fourth-order valence-electron chi connectivity index (χ4n) is 1.51. The van der Waals surface area contributed by atoms with Crippen molar-refractivity contribution in [3.63, 3.8) is 0 Å². The highest BCUT2D eigenvalue weighted by molar-refractivity contribution is 8.00. The number of nitrogens with one attached hydrogen (secondary N) is 2. The lowest BCUT2D eigenvalue weighted by molar-refractivity contribution is -0.138. The summed E-state index contributed by atoms with van der Waals surface area (Å²) in [5.41, 5.74) is 0.407. The van der Waals surface area contributed by atoms with E-state index in [2.05, 4.69) is 20.8 Å². The van der Waals surface area contributed by atoms with E-state index in [4.69, 9.17) is 0 Å². The van der Waals surface area contributed by atoms with Crippen LogP contribution >= 0.6 is 23.1 Å². The molecule has 2 N–H and O–H groups in total. The molecule has 6 nitrogen and oxygen atoms in total. The fraction of sp³-hybridized carbons (Fsp3) is 0.231. The number of thioether (sulfide) groups is 1. The number of hydrogen-bond acceptors (Lipinski definition) is 6. The number of anilines is 2. The molecule has 2 rings (SSSR count). The Bertz CT molecular complexity index is 749. The molecule has 0 aliphatic rings. The van der Waals surface area contributed by atoms with Gasteiger partial charge >= 0.3 is 6.18 Å². The lowest BCUT2D eigenvalue weighted by Crippen LogP contribution is -2.18. The molecule has 0 bridgehead atoms. The van der Waals surface area contributed by atoms with E-state index in [0.29, 0.717) is 5.69 Å². The molecular formula is C13H10F4N4O2S2. The summed E-state index contributed by atoms with van der Waals surface area (Å²) in [6, 6.07) is 5.15. The molecule has 134 valence electrons. The van der Waals surface area contributed by atoms with Crippen molar-refractivity contribution in [2.24, 2.45) is 0 Å². The van der Waals surface area contributed by atoms with Gasteiger partial charge in [-0.1, -0.05) is 11.3 Å². The zero-order valence-corrected chi connectivity index (χ0v) is 13.9. The van der Waals surface area contributed by atoms with Crippen LogP contribution in [0.3, 0.4) is 0 Å².